The van der Waals surface area contributed by atoms with Gasteiger partial charge in [-0.3, -0.25) is 14.9 Å². The molecule has 0 aromatic heterocycles. The number of rotatable bonds is 0. The van der Waals surface area contributed by atoms with E-state index in [-0.39, 0.29) is 69.1 Å². The first kappa shape index (κ1) is 15.6. The van der Waals surface area contributed by atoms with Gasteiger partial charge in [-0.05, 0) is 6.42 Å². The maximum absolute atomic E-state index is 10.7. The van der Waals surface area contributed by atoms with Crippen LogP contribution in [0.4, 0.5) is 0 Å². The molecule has 5 heteroatoms. The summed E-state index contributed by atoms with van der Waals surface area (Å²) in [4.78, 5) is 21.2. The third-order valence-electron chi connectivity index (χ3n) is 1.51. The van der Waals surface area contributed by atoms with Crippen LogP contribution in [0.3, 0.4) is 0 Å². The second-order valence-corrected chi connectivity index (χ2v) is 2.35. The molecule has 0 aromatic rings. The zero-order valence-electron chi connectivity index (χ0n) is 7.72. The Morgan fingerprint density at radius 3 is 2.25 bits per heavy atom. The van der Waals surface area contributed by atoms with Gasteiger partial charge in [-0.1, -0.05) is 6.92 Å². The van der Waals surface area contributed by atoms with Crippen molar-refractivity contribution in [3.8, 4) is 0 Å². The van der Waals surface area contributed by atoms with E-state index in [2.05, 4.69) is 17.9 Å². The number of hydrogen-bond acceptors (Lipinski definition) is 3. The van der Waals surface area contributed by atoms with Gasteiger partial charge in [-0.2, -0.15) is 6.26 Å². The van der Waals surface area contributed by atoms with Gasteiger partial charge in [-0.15, -0.1) is 0 Å². The summed E-state index contributed by atoms with van der Waals surface area (Å²) in [5.74, 6) is -0.257. The van der Waals surface area contributed by atoms with E-state index in [4.69, 9.17) is 0 Å². The Bertz CT molecular complexity index is 163. The van der Waals surface area contributed by atoms with Crippen LogP contribution in [0, 0.1) is 5.92 Å². The Hall–Kier alpha value is 1.13. The number of piperidine rings is 1. The molecule has 1 rings (SSSR count). The van der Waals surface area contributed by atoms with Gasteiger partial charge in [0.1, 0.15) is 0 Å². The Balaban J connectivity index is 0. The molecule has 1 N–H and O–H groups in total. The third kappa shape index (κ3) is 5.72. The third-order valence-corrected chi connectivity index (χ3v) is 1.51. The van der Waals surface area contributed by atoms with Crippen molar-refractivity contribution >= 4 is 24.4 Å². The molecule has 64 valence electrons. The van der Waals surface area contributed by atoms with Gasteiger partial charge in [0.2, 0.25) is 11.8 Å². The summed E-state index contributed by atoms with van der Waals surface area (Å²) in [6.07, 6.45) is 2.78. The van der Waals surface area contributed by atoms with Gasteiger partial charge in [0.05, 0.1) is 0 Å². The monoisotopic (exact) mass is 213 g/mol. The van der Waals surface area contributed by atoms with Crippen LogP contribution in [0.5, 0.6) is 0 Å². The van der Waals surface area contributed by atoms with Crippen LogP contribution < -0.4 is 56.7 Å². The number of carbonyl (C=O) groups is 2. The van der Waals surface area contributed by atoms with Crippen molar-refractivity contribution in [3.63, 3.8) is 0 Å². The molecule has 3 nitrogen and oxygen atoms in total. The minimum atomic E-state index is -0.141. The molecule has 1 saturated heterocycles. The molecular formula is C7H12KNO2S. The van der Waals surface area contributed by atoms with Gasteiger partial charge in [-0.25, -0.2) is 0 Å². The normalized spacial score (nSPS) is 21.4. The van der Waals surface area contributed by atoms with Gasteiger partial charge < -0.3 is 12.6 Å². The molecule has 1 heterocycles. The molecule has 2 amide bonds. The molecule has 0 saturated carbocycles. The van der Waals surface area contributed by atoms with Gasteiger partial charge >= 0.3 is 51.4 Å². The number of amides is 2. The van der Waals surface area contributed by atoms with E-state index in [1.807, 2.05) is 6.92 Å². The van der Waals surface area contributed by atoms with Crippen molar-refractivity contribution in [2.45, 2.75) is 19.8 Å². The Morgan fingerprint density at radius 1 is 1.42 bits per heavy atom. The van der Waals surface area contributed by atoms with Crippen LogP contribution in [0.25, 0.3) is 0 Å². The fourth-order valence-corrected chi connectivity index (χ4v) is 0.802. The summed E-state index contributed by atoms with van der Waals surface area (Å²) >= 11 is 4.08. The summed E-state index contributed by atoms with van der Waals surface area (Å²) in [5.41, 5.74) is 0. The zero-order chi connectivity index (χ0) is 8.85. The maximum Gasteiger partial charge on any atom is 1.00 e. The van der Waals surface area contributed by atoms with E-state index in [9.17, 15) is 9.59 Å². The number of carbonyl (C=O) groups excluding carboxylic acids is 2. The molecule has 12 heavy (non-hydrogen) atoms. The fraction of sp³-hybridized carbons (Fsp3) is 0.714. The molecule has 1 aliphatic rings. The van der Waals surface area contributed by atoms with Crippen molar-refractivity contribution in [2.24, 2.45) is 5.92 Å². The van der Waals surface area contributed by atoms with Gasteiger partial charge in [0.15, 0.2) is 0 Å². The fourth-order valence-electron chi connectivity index (χ4n) is 0.802. The average molecular weight is 213 g/mol. The van der Waals surface area contributed by atoms with Crippen LogP contribution >= 0.6 is 0 Å². The molecule has 0 radical (unpaired) electrons. The molecule has 1 atom stereocenters. The van der Waals surface area contributed by atoms with E-state index in [1.54, 1.807) is 6.26 Å². The number of hydrogen-bond donors (Lipinski definition) is 1. The standard InChI is InChI=1S/C6H9NO2.CH4S.K/c1-4-2-3-5(8)7-6(4)9;1-2;/h4H,2-3H2,1H3,(H,7,8,9);2H,1H3;/q;;+1/p-1/t4-;;/m0../s1. The molecule has 0 aromatic carbocycles. The number of imide groups is 1. The van der Waals surface area contributed by atoms with Crippen molar-refractivity contribution in [2.75, 3.05) is 6.26 Å². The van der Waals surface area contributed by atoms with Gasteiger partial charge in [0, 0.05) is 12.3 Å². The summed E-state index contributed by atoms with van der Waals surface area (Å²) in [6.45, 7) is 1.82. The first-order valence-corrected chi connectivity index (χ1v) is 4.26. The van der Waals surface area contributed by atoms with E-state index in [1.165, 1.54) is 0 Å². The Kier molecular flexibility index (Phi) is 11.3. The van der Waals surface area contributed by atoms with Crippen LogP contribution in [0.15, 0.2) is 0 Å². The van der Waals surface area contributed by atoms with Crippen LogP contribution in [-0.2, 0) is 22.2 Å². The Labute approximate surface area is 121 Å². The summed E-state index contributed by atoms with van der Waals surface area (Å²) < 4.78 is 0. The molecular weight excluding hydrogens is 201 g/mol. The smallest absolute Gasteiger partial charge is 0.796 e. The van der Waals surface area contributed by atoms with E-state index in [0.29, 0.717) is 12.8 Å². The van der Waals surface area contributed by atoms with Crippen molar-refractivity contribution < 1.29 is 61.0 Å². The largest absolute Gasteiger partial charge is 1.00 e. The van der Waals surface area contributed by atoms with E-state index < -0.39 is 0 Å². The summed E-state index contributed by atoms with van der Waals surface area (Å²) in [6, 6.07) is 0. The Morgan fingerprint density at radius 2 is 1.92 bits per heavy atom. The topological polar surface area (TPSA) is 46.2 Å². The summed E-state index contributed by atoms with van der Waals surface area (Å²) in [7, 11) is 0. The molecule has 0 aliphatic carbocycles. The van der Waals surface area contributed by atoms with E-state index >= 15 is 0 Å². The molecule has 1 aliphatic heterocycles. The molecule has 0 spiro atoms. The van der Waals surface area contributed by atoms with Crippen molar-refractivity contribution in [1.82, 2.24) is 5.32 Å². The first-order valence-electron chi connectivity index (χ1n) is 3.44. The quantitative estimate of drug-likeness (QED) is 0.269. The average Bonchev–Trinajstić information content (AvgIpc) is 2.02. The van der Waals surface area contributed by atoms with E-state index in [0.717, 1.165) is 0 Å². The van der Waals surface area contributed by atoms with Gasteiger partial charge in [0.25, 0.3) is 0 Å². The SMILES string of the molecule is C[C@H]1CCC(=O)NC1=O.C[S-].[K+]. The molecule has 0 bridgehead atoms. The van der Waals surface area contributed by atoms with Crippen molar-refractivity contribution in [3.05, 3.63) is 0 Å². The zero-order valence-corrected chi connectivity index (χ0v) is 11.7. The molecule has 1 fully saturated rings. The van der Waals surface area contributed by atoms with Crippen molar-refractivity contribution in [1.29, 1.82) is 0 Å². The predicted molar refractivity (Wildman–Crippen MR) is 44.8 cm³/mol. The maximum atomic E-state index is 10.7. The predicted octanol–water partition coefficient (Wildman–Crippen LogP) is -2.77. The minimum absolute atomic E-state index is 0. The second-order valence-electron chi connectivity index (χ2n) is 2.35. The second kappa shape index (κ2) is 8.71. The van der Waals surface area contributed by atoms with Crippen LogP contribution in [0.1, 0.15) is 19.8 Å². The molecule has 0 unspecified atom stereocenters. The summed E-state index contributed by atoms with van der Waals surface area (Å²) in [5, 5.41) is 2.25. The minimum Gasteiger partial charge on any atom is -0.796 e. The first-order chi connectivity index (χ1) is 5.20. The van der Waals surface area contributed by atoms with Crippen LogP contribution in [-0.4, -0.2) is 18.1 Å². The van der Waals surface area contributed by atoms with Crippen LogP contribution in [0.2, 0.25) is 0 Å². The number of nitrogens with one attached hydrogen (secondary N) is 1.